The molecule has 5 rings (SSSR count). The largest absolute Gasteiger partial charge is 0.360 e. The van der Waals surface area contributed by atoms with Crippen LogP contribution < -0.4 is 4.90 Å². The van der Waals surface area contributed by atoms with Crippen molar-refractivity contribution in [2.45, 2.75) is 26.8 Å². The highest BCUT2D eigenvalue weighted by atomic mass is 32.1. The summed E-state index contributed by atoms with van der Waals surface area (Å²) in [5.41, 5.74) is 3.67. The van der Waals surface area contributed by atoms with Crippen molar-refractivity contribution >= 4 is 27.4 Å². The third-order valence-corrected chi connectivity index (χ3v) is 6.29. The van der Waals surface area contributed by atoms with Crippen molar-refractivity contribution in [3.8, 4) is 11.3 Å². The van der Waals surface area contributed by atoms with E-state index in [1.807, 2.05) is 6.07 Å². The van der Waals surface area contributed by atoms with Crippen LogP contribution in [0, 0.1) is 19.7 Å². The van der Waals surface area contributed by atoms with Crippen LogP contribution in [0.25, 0.3) is 21.5 Å². The molecule has 0 saturated heterocycles. The topological polar surface area (TPSA) is 55.1 Å². The minimum absolute atomic E-state index is 0.279. The lowest BCUT2D eigenvalue weighted by atomic mass is 10.0. The Kier molecular flexibility index (Phi) is 3.72. The van der Waals surface area contributed by atoms with E-state index in [9.17, 15) is 4.39 Å². The van der Waals surface area contributed by atoms with Crippen molar-refractivity contribution in [3.63, 3.8) is 0 Å². The number of nitrogens with zero attached hydrogens (tertiary/aromatic N) is 4. The maximum atomic E-state index is 13.7. The van der Waals surface area contributed by atoms with E-state index in [4.69, 9.17) is 4.52 Å². The lowest BCUT2D eigenvalue weighted by Gasteiger charge is -2.28. The number of thiophene rings is 1. The summed E-state index contributed by atoms with van der Waals surface area (Å²) in [5, 5.41) is 5.34. The fourth-order valence-corrected chi connectivity index (χ4v) is 4.65. The lowest BCUT2D eigenvalue weighted by molar-refractivity contribution is 0.379. The highest BCUT2D eigenvalue weighted by Gasteiger charge is 2.27. The van der Waals surface area contributed by atoms with Crippen LogP contribution in [0.5, 0.6) is 0 Å². The van der Waals surface area contributed by atoms with Gasteiger partial charge in [-0.1, -0.05) is 17.3 Å². The Bertz CT molecular complexity index is 1170. The summed E-state index contributed by atoms with van der Waals surface area (Å²) < 4.78 is 19.2. The first-order valence-electron chi connectivity index (χ1n) is 8.81. The third-order valence-electron chi connectivity index (χ3n) is 5.17. The SMILES string of the molecule is Cc1sc2ncnc(N3CCc4onc(-c5cccc(F)c5)c4C3)c2c1C. The molecule has 1 aliphatic heterocycles. The molecule has 0 fully saturated rings. The molecule has 0 radical (unpaired) electrons. The molecule has 0 atom stereocenters. The number of halogens is 1. The second-order valence-corrected chi connectivity index (χ2v) is 7.98. The zero-order valence-electron chi connectivity index (χ0n) is 15.0. The van der Waals surface area contributed by atoms with E-state index in [2.05, 4.69) is 33.9 Å². The Morgan fingerprint density at radius 2 is 2.11 bits per heavy atom. The fourth-order valence-electron chi connectivity index (χ4n) is 3.66. The number of aromatic nitrogens is 3. The van der Waals surface area contributed by atoms with Crippen LogP contribution in [-0.2, 0) is 13.0 Å². The highest BCUT2D eigenvalue weighted by Crippen LogP contribution is 2.37. The van der Waals surface area contributed by atoms with Gasteiger partial charge in [-0.3, -0.25) is 0 Å². The molecular weight excluding hydrogens is 363 g/mol. The normalized spacial score (nSPS) is 14.0. The number of hydrogen-bond acceptors (Lipinski definition) is 6. The number of fused-ring (bicyclic) bond motifs is 2. The van der Waals surface area contributed by atoms with Crippen LogP contribution in [0.2, 0.25) is 0 Å². The molecule has 27 heavy (non-hydrogen) atoms. The second kappa shape index (κ2) is 6.13. The molecule has 0 bridgehead atoms. The molecule has 5 nitrogen and oxygen atoms in total. The monoisotopic (exact) mass is 380 g/mol. The Labute approximate surface area is 159 Å². The Morgan fingerprint density at radius 1 is 1.22 bits per heavy atom. The maximum Gasteiger partial charge on any atom is 0.144 e. The molecule has 4 heterocycles. The van der Waals surface area contributed by atoms with Crippen LogP contribution in [0.3, 0.4) is 0 Å². The standard InChI is InChI=1S/C20H17FN4OS/c1-11-12(2)27-20-17(11)19(22-10-23-20)25-7-6-16-15(9-25)18(24-26-16)13-4-3-5-14(21)8-13/h3-5,8,10H,6-7,9H2,1-2H3. The predicted molar refractivity (Wildman–Crippen MR) is 104 cm³/mol. The number of rotatable bonds is 2. The number of aryl methyl sites for hydroxylation is 2. The zero-order valence-corrected chi connectivity index (χ0v) is 15.8. The Hall–Kier alpha value is -2.80. The summed E-state index contributed by atoms with van der Waals surface area (Å²) >= 11 is 1.70. The van der Waals surface area contributed by atoms with E-state index in [0.29, 0.717) is 12.2 Å². The molecule has 0 saturated carbocycles. The summed E-state index contributed by atoms with van der Waals surface area (Å²) in [7, 11) is 0. The van der Waals surface area contributed by atoms with Gasteiger partial charge >= 0.3 is 0 Å². The summed E-state index contributed by atoms with van der Waals surface area (Å²) in [6, 6.07) is 6.47. The van der Waals surface area contributed by atoms with Crippen molar-refractivity contribution in [1.29, 1.82) is 0 Å². The first kappa shape index (κ1) is 16.4. The van der Waals surface area contributed by atoms with E-state index >= 15 is 0 Å². The molecule has 0 unspecified atom stereocenters. The maximum absolute atomic E-state index is 13.7. The Balaban J connectivity index is 1.58. The molecule has 1 aliphatic rings. The van der Waals surface area contributed by atoms with Gasteiger partial charge in [0, 0.05) is 29.0 Å². The van der Waals surface area contributed by atoms with E-state index < -0.39 is 0 Å². The van der Waals surface area contributed by atoms with Gasteiger partial charge in [0.05, 0.1) is 11.9 Å². The smallest absolute Gasteiger partial charge is 0.144 e. The molecule has 0 amide bonds. The van der Waals surface area contributed by atoms with Crippen molar-refractivity contribution in [2.24, 2.45) is 0 Å². The quantitative estimate of drug-likeness (QED) is 0.506. The highest BCUT2D eigenvalue weighted by molar-refractivity contribution is 7.18. The van der Waals surface area contributed by atoms with Gasteiger partial charge in [-0.25, -0.2) is 14.4 Å². The molecule has 1 aromatic carbocycles. The van der Waals surface area contributed by atoms with Crippen LogP contribution in [0.1, 0.15) is 21.8 Å². The molecule has 3 aromatic heterocycles. The number of benzene rings is 1. The molecule has 4 aromatic rings. The predicted octanol–water partition coefficient (Wildman–Crippen LogP) is 4.66. The van der Waals surface area contributed by atoms with Crippen LogP contribution in [-0.4, -0.2) is 21.7 Å². The van der Waals surface area contributed by atoms with Crippen molar-refractivity contribution in [2.75, 3.05) is 11.4 Å². The van der Waals surface area contributed by atoms with Gasteiger partial charge in [0.15, 0.2) is 0 Å². The van der Waals surface area contributed by atoms with Crippen molar-refractivity contribution in [3.05, 3.63) is 58.2 Å². The summed E-state index contributed by atoms with van der Waals surface area (Å²) in [6.07, 6.45) is 2.37. The molecule has 0 aliphatic carbocycles. The summed E-state index contributed by atoms with van der Waals surface area (Å²) in [6.45, 7) is 5.66. The van der Waals surface area contributed by atoms with Crippen molar-refractivity contribution < 1.29 is 8.91 Å². The zero-order chi connectivity index (χ0) is 18.5. The molecule has 7 heteroatoms. The van der Waals surface area contributed by atoms with Gasteiger partial charge in [-0.05, 0) is 31.5 Å². The van der Waals surface area contributed by atoms with Gasteiger partial charge in [-0.2, -0.15) is 0 Å². The van der Waals surface area contributed by atoms with Gasteiger partial charge in [-0.15, -0.1) is 11.3 Å². The van der Waals surface area contributed by atoms with E-state index in [0.717, 1.165) is 45.9 Å². The van der Waals surface area contributed by atoms with Gasteiger partial charge in [0.25, 0.3) is 0 Å². The second-order valence-electron chi connectivity index (χ2n) is 6.78. The van der Waals surface area contributed by atoms with E-state index in [1.165, 1.54) is 22.6 Å². The third kappa shape index (κ3) is 2.61. The lowest BCUT2D eigenvalue weighted by Crippen LogP contribution is -2.30. The number of hydrogen-bond donors (Lipinski definition) is 0. The van der Waals surface area contributed by atoms with E-state index in [1.54, 1.807) is 23.7 Å². The minimum Gasteiger partial charge on any atom is -0.360 e. The molecular formula is C20H17FN4OS. The summed E-state index contributed by atoms with van der Waals surface area (Å²) in [5.74, 6) is 1.53. The van der Waals surface area contributed by atoms with Gasteiger partial charge in [0.1, 0.15) is 34.2 Å². The van der Waals surface area contributed by atoms with Gasteiger partial charge < -0.3 is 9.42 Å². The van der Waals surface area contributed by atoms with Crippen molar-refractivity contribution in [1.82, 2.24) is 15.1 Å². The minimum atomic E-state index is -0.279. The molecule has 136 valence electrons. The molecule has 0 spiro atoms. The van der Waals surface area contributed by atoms with Crippen LogP contribution >= 0.6 is 11.3 Å². The van der Waals surface area contributed by atoms with E-state index in [-0.39, 0.29) is 5.82 Å². The average molecular weight is 380 g/mol. The first-order chi connectivity index (χ1) is 13.1. The van der Waals surface area contributed by atoms with Crippen LogP contribution in [0.4, 0.5) is 10.2 Å². The fraction of sp³-hybridized carbons (Fsp3) is 0.250. The number of anilines is 1. The average Bonchev–Trinajstić information content (AvgIpc) is 3.22. The summed E-state index contributed by atoms with van der Waals surface area (Å²) in [4.78, 5) is 13.5. The van der Waals surface area contributed by atoms with Crippen LogP contribution in [0.15, 0.2) is 35.1 Å². The van der Waals surface area contributed by atoms with Gasteiger partial charge in [0.2, 0.25) is 0 Å². The Morgan fingerprint density at radius 3 is 2.96 bits per heavy atom. The first-order valence-corrected chi connectivity index (χ1v) is 9.62. The molecule has 0 N–H and O–H groups in total.